The average Bonchev–Trinajstić information content (AvgIpc) is 3.42. The van der Waals surface area contributed by atoms with Crippen LogP contribution in [0.1, 0.15) is 108 Å². The summed E-state index contributed by atoms with van der Waals surface area (Å²) in [5.41, 5.74) is 7.57. The molecule has 2 unspecified atom stereocenters. The van der Waals surface area contributed by atoms with Crippen molar-refractivity contribution in [3.8, 4) is 5.75 Å². The third-order valence-corrected chi connectivity index (χ3v) is 9.05. The lowest BCUT2D eigenvalue weighted by molar-refractivity contribution is -0.120. The van der Waals surface area contributed by atoms with Crippen molar-refractivity contribution in [1.29, 1.82) is 0 Å². The van der Waals surface area contributed by atoms with Crippen LogP contribution in [0.25, 0.3) is 10.9 Å². The smallest absolute Gasteiger partial charge is 0.210 e. The second-order valence-corrected chi connectivity index (χ2v) is 13.3. The molecule has 1 aliphatic heterocycles. The Morgan fingerprint density at radius 1 is 1.02 bits per heavy atom. The maximum absolute atomic E-state index is 11.9. The number of hydrogen-bond donors (Lipinski definition) is 1. The number of hydrogen-bond acceptors (Lipinski definition) is 2. The first kappa shape index (κ1) is 36.2. The Kier molecular flexibility index (Phi) is 14.1. The van der Waals surface area contributed by atoms with Crippen molar-refractivity contribution in [2.75, 3.05) is 13.2 Å². The molecular formula is C40H55ClN2O2. The standard InChI is InChI=1S/C29H37ClN2O2.C9H12.C2H6/c1-5-14-29(3,4)17-20(6-2)18-34-23-10-7-21(8-11-23)28-27-24(13-15-32(28)19-33)25-16-22(30)9-12-26(25)31-27;1-3-9-6-4-8(2)5-7-9;1-2/h7-12,16,19-20,28,31H,5-6,13-15,17-18H2,1-4H3;4-7H,3H2,1-2H3;1-2H3. The summed E-state index contributed by atoms with van der Waals surface area (Å²) in [7, 11) is 0. The summed E-state index contributed by atoms with van der Waals surface area (Å²) >= 11 is 6.26. The van der Waals surface area contributed by atoms with Crippen LogP contribution in [0.3, 0.4) is 0 Å². The highest BCUT2D eigenvalue weighted by atomic mass is 35.5. The van der Waals surface area contributed by atoms with Crippen molar-refractivity contribution in [2.24, 2.45) is 11.3 Å². The fourth-order valence-corrected chi connectivity index (χ4v) is 6.59. The van der Waals surface area contributed by atoms with Crippen LogP contribution in [0.5, 0.6) is 5.75 Å². The van der Waals surface area contributed by atoms with Crippen molar-refractivity contribution in [2.45, 2.75) is 100.0 Å². The number of aryl methyl sites for hydroxylation is 2. The molecule has 4 aromatic rings. The van der Waals surface area contributed by atoms with Crippen molar-refractivity contribution in [3.05, 3.63) is 99.7 Å². The second-order valence-electron chi connectivity index (χ2n) is 12.8. The molecule has 0 saturated heterocycles. The van der Waals surface area contributed by atoms with Crippen molar-refractivity contribution in [3.63, 3.8) is 0 Å². The van der Waals surface area contributed by atoms with Crippen molar-refractivity contribution < 1.29 is 9.53 Å². The molecule has 1 aromatic heterocycles. The van der Waals surface area contributed by atoms with Crippen molar-refractivity contribution in [1.82, 2.24) is 9.88 Å². The van der Waals surface area contributed by atoms with E-state index in [9.17, 15) is 4.79 Å². The van der Waals surface area contributed by atoms with Gasteiger partial charge < -0.3 is 14.6 Å². The topological polar surface area (TPSA) is 45.3 Å². The molecule has 0 fully saturated rings. The Labute approximate surface area is 277 Å². The molecule has 4 nitrogen and oxygen atoms in total. The van der Waals surface area contributed by atoms with Gasteiger partial charge >= 0.3 is 0 Å². The Morgan fingerprint density at radius 2 is 1.71 bits per heavy atom. The van der Waals surface area contributed by atoms with E-state index >= 15 is 0 Å². The predicted octanol–water partition coefficient (Wildman–Crippen LogP) is 11.1. The third-order valence-electron chi connectivity index (χ3n) is 8.82. The number of rotatable bonds is 11. The largest absolute Gasteiger partial charge is 0.493 e. The average molecular weight is 631 g/mol. The molecule has 0 saturated carbocycles. The van der Waals surface area contributed by atoms with Gasteiger partial charge in [-0.2, -0.15) is 0 Å². The normalized spacial score (nSPS) is 14.9. The van der Waals surface area contributed by atoms with Gasteiger partial charge in [0.05, 0.1) is 12.6 Å². The fraction of sp³-hybridized carbons (Fsp3) is 0.475. The number of H-pyrrole nitrogens is 1. The molecule has 0 radical (unpaired) electrons. The van der Waals surface area contributed by atoms with Gasteiger partial charge in [0.15, 0.2) is 0 Å². The number of nitrogens with one attached hydrogen (secondary N) is 1. The second kappa shape index (κ2) is 17.5. The SMILES string of the molecule is CC.CCCC(C)(C)CC(CC)COc1ccc(C2c3[nH]c4ccc(Cl)cc4c3CCN2C=O)cc1.CCc1ccc(C)cc1. The number of halogens is 1. The Morgan fingerprint density at radius 3 is 2.31 bits per heavy atom. The number of benzene rings is 3. The zero-order chi connectivity index (χ0) is 33.0. The van der Waals surface area contributed by atoms with Gasteiger partial charge in [0, 0.05) is 28.2 Å². The molecule has 244 valence electrons. The third kappa shape index (κ3) is 9.87. The summed E-state index contributed by atoms with van der Waals surface area (Å²) in [4.78, 5) is 17.4. The van der Waals surface area contributed by atoms with Crippen LogP contribution in [-0.4, -0.2) is 29.4 Å². The maximum atomic E-state index is 11.9. The molecular weight excluding hydrogens is 576 g/mol. The molecule has 0 bridgehead atoms. The van der Waals surface area contributed by atoms with Gasteiger partial charge in [-0.25, -0.2) is 0 Å². The van der Waals surface area contributed by atoms with Gasteiger partial charge in [-0.1, -0.05) is 115 Å². The zero-order valence-corrected chi connectivity index (χ0v) is 29.6. The highest BCUT2D eigenvalue weighted by molar-refractivity contribution is 6.31. The van der Waals surface area contributed by atoms with E-state index in [1.807, 2.05) is 49.1 Å². The number of ether oxygens (including phenoxy) is 1. The lowest BCUT2D eigenvalue weighted by Crippen LogP contribution is -2.34. The van der Waals surface area contributed by atoms with E-state index < -0.39 is 0 Å². The summed E-state index contributed by atoms with van der Waals surface area (Å²) < 4.78 is 6.20. The quantitative estimate of drug-likeness (QED) is 0.168. The summed E-state index contributed by atoms with van der Waals surface area (Å²) in [5.74, 6) is 1.43. The van der Waals surface area contributed by atoms with Gasteiger partial charge in [-0.3, -0.25) is 4.79 Å². The Bertz CT molecular complexity index is 1460. The molecule has 2 heterocycles. The number of aromatic amines is 1. The van der Waals surface area contributed by atoms with E-state index in [0.717, 1.165) is 65.2 Å². The summed E-state index contributed by atoms with van der Waals surface area (Å²) in [6, 6.07) is 22.7. The van der Waals surface area contributed by atoms with Gasteiger partial charge in [0.1, 0.15) is 5.75 Å². The zero-order valence-electron chi connectivity index (χ0n) is 28.9. The lowest BCUT2D eigenvalue weighted by atomic mass is 9.79. The summed E-state index contributed by atoms with van der Waals surface area (Å²) in [5, 5.41) is 1.88. The highest BCUT2D eigenvalue weighted by Crippen LogP contribution is 2.39. The van der Waals surface area contributed by atoms with E-state index in [0.29, 0.717) is 17.9 Å². The molecule has 3 aromatic carbocycles. The first-order valence-electron chi connectivity index (χ1n) is 17.0. The van der Waals surface area contributed by atoms with Crippen LogP contribution in [0.4, 0.5) is 0 Å². The molecule has 45 heavy (non-hydrogen) atoms. The number of amides is 1. The van der Waals surface area contributed by atoms with Gasteiger partial charge in [-0.15, -0.1) is 0 Å². The van der Waals surface area contributed by atoms with Crippen LogP contribution in [0, 0.1) is 18.3 Å². The number of carbonyl (C=O) groups excluding carboxylic acids is 1. The number of carbonyl (C=O) groups is 1. The molecule has 1 N–H and O–H groups in total. The van der Waals surface area contributed by atoms with Crippen LogP contribution in [0.15, 0.2) is 66.7 Å². The van der Waals surface area contributed by atoms with E-state index in [1.165, 1.54) is 36.0 Å². The predicted molar refractivity (Wildman–Crippen MR) is 193 cm³/mol. The minimum Gasteiger partial charge on any atom is -0.493 e. The minimum absolute atomic E-state index is 0.139. The van der Waals surface area contributed by atoms with E-state index in [-0.39, 0.29) is 6.04 Å². The number of aromatic nitrogens is 1. The lowest BCUT2D eigenvalue weighted by Gasteiger charge is -2.33. The maximum Gasteiger partial charge on any atom is 0.210 e. The van der Waals surface area contributed by atoms with Crippen LogP contribution in [-0.2, 0) is 17.6 Å². The first-order chi connectivity index (χ1) is 21.7. The van der Waals surface area contributed by atoms with E-state index in [2.05, 4.69) is 82.9 Å². The van der Waals surface area contributed by atoms with Gasteiger partial charge in [-0.05, 0) is 91.0 Å². The molecule has 0 aliphatic carbocycles. The van der Waals surface area contributed by atoms with Crippen LogP contribution >= 0.6 is 11.6 Å². The number of fused-ring (bicyclic) bond motifs is 3. The molecule has 1 amide bonds. The molecule has 0 spiro atoms. The first-order valence-corrected chi connectivity index (χ1v) is 17.3. The Balaban J connectivity index is 0.000000427. The van der Waals surface area contributed by atoms with Crippen molar-refractivity contribution >= 4 is 28.9 Å². The molecule has 1 aliphatic rings. The van der Waals surface area contributed by atoms with Crippen LogP contribution in [0.2, 0.25) is 5.02 Å². The summed E-state index contributed by atoms with van der Waals surface area (Å²) in [6.45, 7) is 18.9. The molecule has 5 heteroatoms. The van der Waals surface area contributed by atoms with E-state index in [1.54, 1.807) is 0 Å². The van der Waals surface area contributed by atoms with Gasteiger partial charge in [0.2, 0.25) is 6.41 Å². The van der Waals surface area contributed by atoms with Gasteiger partial charge in [0.25, 0.3) is 0 Å². The number of nitrogens with zero attached hydrogens (tertiary/aromatic N) is 1. The monoisotopic (exact) mass is 630 g/mol. The molecule has 2 atom stereocenters. The molecule has 5 rings (SSSR count). The summed E-state index contributed by atoms with van der Waals surface area (Å²) in [6.07, 6.45) is 7.68. The fourth-order valence-electron chi connectivity index (χ4n) is 6.42. The van der Waals surface area contributed by atoms with E-state index in [4.69, 9.17) is 16.3 Å². The highest BCUT2D eigenvalue weighted by Gasteiger charge is 2.31. The van der Waals surface area contributed by atoms with Crippen LogP contribution < -0.4 is 4.74 Å². The Hall–Kier alpha value is -3.24. The minimum atomic E-state index is -0.139.